The summed E-state index contributed by atoms with van der Waals surface area (Å²) in [5, 5.41) is 0. The van der Waals surface area contributed by atoms with E-state index in [1.807, 2.05) is 25.1 Å². The second-order valence-electron chi connectivity index (χ2n) is 4.66. The predicted octanol–water partition coefficient (Wildman–Crippen LogP) is 1.72. The third-order valence-electron chi connectivity index (χ3n) is 3.29. The molecule has 1 fully saturated rings. The summed E-state index contributed by atoms with van der Waals surface area (Å²) in [6.45, 7) is 5.55. The number of benzene rings is 1. The van der Waals surface area contributed by atoms with Gasteiger partial charge in [0.25, 0.3) is 0 Å². The number of sulfonamides is 1. The molecular formula is C13H19NO3S. The maximum atomic E-state index is 11.6. The molecule has 5 heteroatoms. The van der Waals surface area contributed by atoms with Crippen molar-refractivity contribution in [2.45, 2.75) is 20.3 Å². The Labute approximate surface area is 109 Å². The fraction of sp³-hybridized carbons (Fsp3) is 0.538. The highest BCUT2D eigenvalue weighted by Gasteiger charge is 2.27. The van der Waals surface area contributed by atoms with Crippen LogP contribution in [0.5, 0.6) is 5.75 Å². The van der Waals surface area contributed by atoms with Gasteiger partial charge in [-0.25, -0.2) is 8.42 Å². The van der Waals surface area contributed by atoms with Crippen molar-refractivity contribution in [2.75, 3.05) is 25.4 Å². The van der Waals surface area contributed by atoms with E-state index in [-0.39, 0.29) is 5.75 Å². The fourth-order valence-electron chi connectivity index (χ4n) is 2.01. The van der Waals surface area contributed by atoms with Gasteiger partial charge in [-0.15, -0.1) is 0 Å². The molecule has 0 unspecified atom stereocenters. The Morgan fingerprint density at radius 2 is 2.06 bits per heavy atom. The predicted molar refractivity (Wildman–Crippen MR) is 71.4 cm³/mol. The molecule has 1 aromatic rings. The Kier molecular flexibility index (Phi) is 3.92. The Balaban J connectivity index is 1.87. The van der Waals surface area contributed by atoms with E-state index >= 15 is 0 Å². The van der Waals surface area contributed by atoms with E-state index in [0.29, 0.717) is 19.7 Å². The standard InChI is InChI=1S/C13H19NO3S/c1-11-4-5-13(10-12(11)2)17-8-7-14-6-3-9-18(14,15)16/h4-5,10H,3,6-9H2,1-2H3. The average molecular weight is 269 g/mol. The topological polar surface area (TPSA) is 46.6 Å². The highest BCUT2D eigenvalue weighted by atomic mass is 32.2. The monoisotopic (exact) mass is 269 g/mol. The number of nitrogens with zero attached hydrogens (tertiary/aromatic N) is 1. The minimum absolute atomic E-state index is 0.274. The van der Waals surface area contributed by atoms with Crippen molar-refractivity contribution in [3.8, 4) is 5.75 Å². The van der Waals surface area contributed by atoms with Crippen molar-refractivity contribution in [3.63, 3.8) is 0 Å². The van der Waals surface area contributed by atoms with E-state index in [1.54, 1.807) is 0 Å². The molecule has 0 radical (unpaired) electrons. The highest BCUT2D eigenvalue weighted by molar-refractivity contribution is 7.89. The third kappa shape index (κ3) is 3.03. The lowest BCUT2D eigenvalue weighted by atomic mass is 10.1. The molecule has 0 atom stereocenters. The van der Waals surface area contributed by atoms with Crippen LogP contribution in [0.1, 0.15) is 17.5 Å². The summed E-state index contributed by atoms with van der Waals surface area (Å²) in [5.41, 5.74) is 2.41. The van der Waals surface area contributed by atoms with Crippen molar-refractivity contribution in [2.24, 2.45) is 0 Å². The van der Waals surface area contributed by atoms with E-state index in [1.165, 1.54) is 15.4 Å². The molecule has 0 spiro atoms. The van der Waals surface area contributed by atoms with Crippen LogP contribution in [0.3, 0.4) is 0 Å². The molecule has 2 rings (SSSR count). The summed E-state index contributed by atoms with van der Waals surface area (Å²) in [6, 6.07) is 5.91. The Bertz CT molecular complexity index is 525. The van der Waals surface area contributed by atoms with Gasteiger partial charge >= 0.3 is 0 Å². The van der Waals surface area contributed by atoms with Crippen LogP contribution in [0.2, 0.25) is 0 Å². The summed E-state index contributed by atoms with van der Waals surface area (Å²) in [7, 11) is -3.00. The molecule has 0 aliphatic carbocycles. The van der Waals surface area contributed by atoms with Crippen LogP contribution in [-0.4, -0.2) is 38.2 Å². The Morgan fingerprint density at radius 3 is 2.67 bits per heavy atom. The van der Waals surface area contributed by atoms with Crippen LogP contribution in [0.4, 0.5) is 0 Å². The normalized spacial score (nSPS) is 19.0. The summed E-state index contributed by atoms with van der Waals surface area (Å²) < 4.78 is 30.2. The summed E-state index contributed by atoms with van der Waals surface area (Å²) in [6.07, 6.45) is 0.728. The lowest BCUT2D eigenvalue weighted by Gasteiger charge is -2.15. The van der Waals surface area contributed by atoms with E-state index < -0.39 is 10.0 Å². The number of rotatable bonds is 4. The van der Waals surface area contributed by atoms with Crippen LogP contribution >= 0.6 is 0 Å². The second-order valence-corrected chi connectivity index (χ2v) is 6.75. The first-order valence-corrected chi connectivity index (χ1v) is 7.78. The summed E-state index contributed by atoms with van der Waals surface area (Å²) in [5.74, 6) is 1.08. The van der Waals surface area contributed by atoms with Crippen LogP contribution in [-0.2, 0) is 10.0 Å². The van der Waals surface area contributed by atoms with Crippen LogP contribution < -0.4 is 4.74 Å². The van der Waals surface area contributed by atoms with Gasteiger partial charge in [0.2, 0.25) is 10.0 Å². The zero-order valence-corrected chi connectivity index (χ0v) is 11.7. The molecule has 18 heavy (non-hydrogen) atoms. The summed E-state index contributed by atoms with van der Waals surface area (Å²) in [4.78, 5) is 0. The summed E-state index contributed by atoms with van der Waals surface area (Å²) >= 11 is 0. The van der Waals surface area contributed by atoms with Gasteiger partial charge in [-0.1, -0.05) is 6.07 Å². The SMILES string of the molecule is Cc1ccc(OCCN2CCCS2(=O)=O)cc1C. The molecule has 4 nitrogen and oxygen atoms in total. The fourth-order valence-corrected chi connectivity index (χ4v) is 3.52. The largest absolute Gasteiger partial charge is 0.492 e. The average Bonchev–Trinajstić information content (AvgIpc) is 2.63. The number of hydrogen-bond acceptors (Lipinski definition) is 3. The molecule has 0 saturated carbocycles. The lowest BCUT2D eigenvalue weighted by molar-refractivity contribution is 0.279. The molecule has 0 amide bonds. The minimum atomic E-state index is -3.00. The molecule has 1 aliphatic heterocycles. The van der Waals surface area contributed by atoms with E-state index in [9.17, 15) is 8.42 Å². The van der Waals surface area contributed by atoms with Crippen molar-refractivity contribution in [1.82, 2.24) is 4.31 Å². The van der Waals surface area contributed by atoms with Gasteiger partial charge < -0.3 is 4.74 Å². The van der Waals surface area contributed by atoms with Gasteiger partial charge in [0.05, 0.1) is 5.75 Å². The Morgan fingerprint density at radius 1 is 1.28 bits per heavy atom. The van der Waals surface area contributed by atoms with Crippen molar-refractivity contribution < 1.29 is 13.2 Å². The van der Waals surface area contributed by atoms with Crippen molar-refractivity contribution in [1.29, 1.82) is 0 Å². The second kappa shape index (κ2) is 5.28. The van der Waals surface area contributed by atoms with Crippen LogP contribution in [0.15, 0.2) is 18.2 Å². The minimum Gasteiger partial charge on any atom is -0.492 e. The molecule has 0 N–H and O–H groups in total. The quantitative estimate of drug-likeness (QED) is 0.836. The number of hydrogen-bond donors (Lipinski definition) is 0. The van der Waals surface area contributed by atoms with Gasteiger partial charge in [0.15, 0.2) is 0 Å². The third-order valence-corrected chi connectivity index (χ3v) is 5.25. The number of aryl methyl sites for hydroxylation is 2. The van der Waals surface area contributed by atoms with Gasteiger partial charge in [0, 0.05) is 13.1 Å². The van der Waals surface area contributed by atoms with E-state index in [0.717, 1.165) is 12.2 Å². The molecule has 1 aromatic carbocycles. The zero-order valence-electron chi connectivity index (χ0n) is 10.8. The van der Waals surface area contributed by atoms with Gasteiger partial charge in [-0.05, 0) is 43.5 Å². The number of ether oxygens (including phenoxy) is 1. The lowest BCUT2D eigenvalue weighted by Crippen LogP contribution is -2.30. The zero-order chi connectivity index (χ0) is 13.2. The molecule has 1 heterocycles. The van der Waals surface area contributed by atoms with Crippen LogP contribution in [0.25, 0.3) is 0 Å². The maximum Gasteiger partial charge on any atom is 0.214 e. The molecule has 0 bridgehead atoms. The first-order valence-electron chi connectivity index (χ1n) is 6.17. The van der Waals surface area contributed by atoms with Gasteiger partial charge in [-0.3, -0.25) is 0 Å². The van der Waals surface area contributed by atoms with Crippen molar-refractivity contribution in [3.05, 3.63) is 29.3 Å². The molecule has 1 saturated heterocycles. The van der Waals surface area contributed by atoms with Crippen LogP contribution in [0, 0.1) is 13.8 Å². The van der Waals surface area contributed by atoms with E-state index in [4.69, 9.17) is 4.74 Å². The first-order chi connectivity index (χ1) is 8.49. The highest BCUT2D eigenvalue weighted by Crippen LogP contribution is 2.17. The van der Waals surface area contributed by atoms with Crippen molar-refractivity contribution >= 4 is 10.0 Å². The molecule has 0 aromatic heterocycles. The van der Waals surface area contributed by atoms with Gasteiger partial charge in [-0.2, -0.15) is 4.31 Å². The molecule has 1 aliphatic rings. The van der Waals surface area contributed by atoms with Gasteiger partial charge in [0.1, 0.15) is 12.4 Å². The molecular weight excluding hydrogens is 250 g/mol. The molecule has 100 valence electrons. The smallest absolute Gasteiger partial charge is 0.214 e. The maximum absolute atomic E-state index is 11.6. The Hall–Kier alpha value is -1.07. The van der Waals surface area contributed by atoms with E-state index in [2.05, 4.69) is 6.92 Å². The first kappa shape index (κ1) is 13.4.